The zero-order chi connectivity index (χ0) is 16.8. The second-order valence-electron chi connectivity index (χ2n) is 5.28. The first kappa shape index (κ1) is 17.0. The van der Waals surface area contributed by atoms with Crippen LogP contribution in [0.1, 0.15) is 23.5 Å². The summed E-state index contributed by atoms with van der Waals surface area (Å²) in [5, 5.41) is 21.7. The largest absolute Gasteiger partial charge is 0.481 e. The van der Waals surface area contributed by atoms with E-state index in [-0.39, 0.29) is 12.3 Å². The van der Waals surface area contributed by atoms with E-state index in [4.69, 9.17) is 22.0 Å². The second kappa shape index (κ2) is 7.77. The molecule has 0 amide bonds. The number of carbonyl (C=O) groups is 1. The van der Waals surface area contributed by atoms with Gasteiger partial charge in [0.05, 0.1) is 18.1 Å². The van der Waals surface area contributed by atoms with Gasteiger partial charge in [0.1, 0.15) is 0 Å². The summed E-state index contributed by atoms with van der Waals surface area (Å²) in [6.07, 6.45) is 0.0418. The molecule has 0 aliphatic rings. The number of carboxylic acid groups (broad SMARTS) is 1. The van der Waals surface area contributed by atoms with E-state index in [1.54, 1.807) is 31.3 Å². The molecule has 2 N–H and O–H groups in total. The van der Waals surface area contributed by atoms with Crippen molar-refractivity contribution in [3.8, 4) is 17.2 Å². The van der Waals surface area contributed by atoms with Crippen LogP contribution < -0.4 is 5.32 Å². The van der Waals surface area contributed by atoms with E-state index in [1.165, 1.54) is 0 Å². The maximum Gasteiger partial charge on any atom is 0.304 e. The minimum absolute atomic E-state index is 0.0418. The van der Waals surface area contributed by atoms with Gasteiger partial charge in [0.25, 0.3) is 0 Å². The molecule has 118 valence electrons. The van der Waals surface area contributed by atoms with Crippen molar-refractivity contribution < 1.29 is 9.90 Å². The van der Waals surface area contributed by atoms with Gasteiger partial charge in [-0.1, -0.05) is 29.8 Å². The Labute approximate surface area is 140 Å². The van der Waals surface area contributed by atoms with E-state index in [0.717, 1.165) is 16.7 Å². The molecule has 0 spiro atoms. The Hall–Kier alpha value is -2.35. The average Bonchev–Trinajstić information content (AvgIpc) is 2.54. The van der Waals surface area contributed by atoms with Crippen LogP contribution in [0.3, 0.4) is 0 Å². The van der Waals surface area contributed by atoms with Crippen molar-refractivity contribution in [2.24, 2.45) is 0 Å². The third-order valence-corrected chi connectivity index (χ3v) is 3.97. The van der Waals surface area contributed by atoms with Crippen LogP contribution in [0.25, 0.3) is 11.1 Å². The molecule has 0 bridgehead atoms. The lowest BCUT2D eigenvalue weighted by atomic mass is 9.92. The molecule has 0 aliphatic heterocycles. The monoisotopic (exact) mass is 328 g/mol. The molecule has 1 atom stereocenters. The molecule has 0 radical (unpaired) electrons. The fraction of sp³-hybridized carbons (Fsp3) is 0.222. The number of likely N-dealkylation sites (N-methyl/N-ethyl adjacent to an activating group) is 1. The van der Waals surface area contributed by atoms with E-state index >= 15 is 0 Å². The summed E-state index contributed by atoms with van der Waals surface area (Å²) < 4.78 is 0. The Balaban J connectivity index is 2.45. The third-order valence-electron chi connectivity index (χ3n) is 3.64. The molecule has 0 aliphatic carbocycles. The maximum atomic E-state index is 11.1. The van der Waals surface area contributed by atoms with Crippen LogP contribution in [0.2, 0.25) is 5.02 Å². The lowest BCUT2D eigenvalue weighted by Crippen LogP contribution is -2.20. The molecule has 0 saturated carbocycles. The first-order valence-electron chi connectivity index (χ1n) is 7.21. The van der Waals surface area contributed by atoms with Gasteiger partial charge in [-0.05, 0) is 42.4 Å². The van der Waals surface area contributed by atoms with Gasteiger partial charge in [-0.2, -0.15) is 5.26 Å². The number of aliphatic carboxylic acids is 1. The molecule has 23 heavy (non-hydrogen) atoms. The lowest BCUT2D eigenvalue weighted by molar-refractivity contribution is -0.137. The van der Waals surface area contributed by atoms with Gasteiger partial charge in [-0.3, -0.25) is 4.79 Å². The normalized spacial score (nSPS) is 11.7. The van der Waals surface area contributed by atoms with Crippen molar-refractivity contribution >= 4 is 17.6 Å². The number of hydrogen-bond acceptors (Lipinski definition) is 3. The standard InChI is InChI=1S/C18H17ClN2O2/c1-21-11-15(9-18(22)23)13-5-6-17(19)16(8-13)14-4-2-3-12(7-14)10-20/h2-8,15,21H,9,11H2,1H3,(H,22,23)/t15-/m0/s1. The third kappa shape index (κ3) is 4.32. The van der Waals surface area contributed by atoms with Crippen molar-refractivity contribution in [2.75, 3.05) is 13.6 Å². The van der Waals surface area contributed by atoms with Crippen LogP contribution in [-0.2, 0) is 4.79 Å². The quantitative estimate of drug-likeness (QED) is 0.848. The summed E-state index contributed by atoms with van der Waals surface area (Å²) in [6, 6.07) is 14.8. The van der Waals surface area contributed by atoms with Gasteiger partial charge in [0, 0.05) is 23.0 Å². The number of nitrogens with one attached hydrogen (secondary N) is 1. The molecular formula is C18H17ClN2O2. The molecule has 0 heterocycles. The number of halogens is 1. The highest BCUT2D eigenvalue weighted by Gasteiger charge is 2.17. The van der Waals surface area contributed by atoms with E-state index < -0.39 is 5.97 Å². The average molecular weight is 329 g/mol. The predicted octanol–water partition coefficient (Wildman–Crippen LogP) is 3.66. The molecule has 0 saturated heterocycles. The van der Waals surface area contributed by atoms with Crippen molar-refractivity contribution in [1.82, 2.24) is 5.32 Å². The molecule has 2 rings (SSSR count). The van der Waals surface area contributed by atoms with Crippen molar-refractivity contribution in [2.45, 2.75) is 12.3 Å². The van der Waals surface area contributed by atoms with Crippen LogP contribution in [0, 0.1) is 11.3 Å². The number of rotatable bonds is 6. The smallest absolute Gasteiger partial charge is 0.304 e. The molecule has 2 aromatic carbocycles. The van der Waals surface area contributed by atoms with Gasteiger partial charge in [-0.25, -0.2) is 0 Å². The molecule has 0 fully saturated rings. The van der Waals surface area contributed by atoms with Crippen LogP contribution in [0.4, 0.5) is 0 Å². The summed E-state index contributed by atoms with van der Waals surface area (Å²) in [5.41, 5.74) is 3.10. The molecule has 2 aromatic rings. The van der Waals surface area contributed by atoms with Crippen LogP contribution in [-0.4, -0.2) is 24.7 Å². The SMILES string of the molecule is CNC[C@H](CC(=O)O)c1ccc(Cl)c(-c2cccc(C#N)c2)c1. The van der Waals surface area contributed by atoms with Crippen molar-refractivity contribution in [1.29, 1.82) is 5.26 Å². The van der Waals surface area contributed by atoms with Gasteiger partial charge >= 0.3 is 5.97 Å². The van der Waals surface area contributed by atoms with Crippen LogP contribution in [0.15, 0.2) is 42.5 Å². The highest BCUT2D eigenvalue weighted by molar-refractivity contribution is 6.33. The zero-order valence-electron chi connectivity index (χ0n) is 12.7. The molecule has 0 aromatic heterocycles. The van der Waals surface area contributed by atoms with E-state index in [1.807, 2.05) is 18.2 Å². The Bertz CT molecular complexity index is 753. The van der Waals surface area contributed by atoms with Gasteiger partial charge in [0.2, 0.25) is 0 Å². The molecule has 4 nitrogen and oxygen atoms in total. The Morgan fingerprint density at radius 1 is 1.35 bits per heavy atom. The number of hydrogen-bond donors (Lipinski definition) is 2. The minimum Gasteiger partial charge on any atom is -0.481 e. The van der Waals surface area contributed by atoms with Crippen molar-refractivity contribution in [3.63, 3.8) is 0 Å². The molecule has 5 heteroatoms. The van der Waals surface area contributed by atoms with Gasteiger partial charge in [-0.15, -0.1) is 0 Å². The number of benzene rings is 2. The second-order valence-corrected chi connectivity index (χ2v) is 5.69. The highest BCUT2D eigenvalue weighted by atomic mass is 35.5. The first-order chi connectivity index (χ1) is 11.0. The summed E-state index contributed by atoms with van der Waals surface area (Å²) in [7, 11) is 1.79. The molecular weight excluding hydrogens is 312 g/mol. The van der Waals surface area contributed by atoms with E-state index in [2.05, 4.69) is 11.4 Å². The van der Waals surface area contributed by atoms with Crippen molar-refractivity contribution in [3.05, 3.63) is 58.6 Å². The highest BCUT2D eigenvalue weighted by Crippen LogP contribution is 2.32. The van der Waals surface area contributed by atoms with Crippen LogP contribution in [0.5, 0.6) is 0 Å². The van der Waals surface area contributed by atoms with Gasteiger partial charge < -0.3 is 10.4 Å². The zero-order valence-corrected chi connectivity index (χ0v) is 13.5. The van der Waals surface area contributed by atoms with Crippen LogP contribution >= 0.6 is 11.6 Å². The summed E-state index contributed by atoms with van der Waals surface area (Å²) in [4.78, 5) is 11.1. The predicted molar refractivity (Wildman–Crippen MR) is 90.5 cm³/mol. The summed E-state index contributed by atoms with van der Waals surface area (Å²) in [5.74, 6) is -0.985. The number of nitrogens with zero attached hydrogens (tertiary/aromatic N) is 1. The minimum atomic E-state index is -0.840. The lowest BCUT2D eigenvalue weighted by Gasteiger charge is -2.17. The van der Waals surface area contributed by atoms with E-state index in [0.29, 0.717) is 17.1 Å². The Morgan fingerprint density at radius 3 is 2.78 bits per heavy atom. The summed E-state index contributed by atoms with van der Waals surface area (Å²) in [6.45, 7) is 0.561. The summed E-state index contributed by atoms with van der Waals surface area (Å²) >= 11 is 6.30. The van der Waals surface area contributed by atoms with E-state index in [9.17, 15) is 4.79 Å². The van der Waals surface area contributed by atoms with Gasteiger partial charge in [0.15, 0.2) is 0 Å². The Morgan fingerprint density at radius 2 is 2.13 bits per heavy atom. The number of carboxylic acids is 1. The Kier molecular flexibility index (Phi) is 5.75. The fourth-order valence-corrected chi connectivity index (χ4v) is 2.77. The molecule has 0 unspecified atom stereocenters. The topological polar surface area (TPSA) is 73.1 Å². The first-order valence-corrected chi connectivity index (χ1v) is 7.59. The fourth-order valence-electron chi connectivity index (χ4n) is 2.54. The maximum absolute atomic E-state index is 11.1. The number of nitriles is 1.